The van der Waals surface area contributed by atoms with Crippen molar-refractivity contribution >= 4 is 52.2 Å². The molecule has 0 spiro atoms. The predicted molar refractivity (Wildman–Crippen MR) is 166 cm³/mol. The molecule has 0 aliphatic heterocycles. The number of hydrazone groups is 1. The average Bonchev–Trinajstić information content (AvgIpc) is 2.93. The van der Waals surface area contributed by atoms with Gasteiger partial charge in [-0.15, -0.1) is 0 Å². The van der Waals surface area contributed by atoms with E-state index in [9.17, 15) is 14.4 Å². The number of hydrogen-bond donors (Lipinski definition) is 3. The van der Waals surface area contributed by atoms with Gasteiger partial charge in [0.25, 0.3) is 5.91 Å². The van der Waals surface area contributed by atoms with Crippen LogP contribution in [0.3, 0.4) is 0 Å². The van der Waals surface area contributed by atoms with Crippen LogP contribution < -0.4 is 30.3 Å². The van der Waals surface area contributed by atoms with Crippen molar-refractivity contribution in [3.8, 4) is 17.2 Å². The summed E-state index contributed by atoms with van der Waals surface area (Å²) in [6, 6.07) is 14.6. The Morgan fingerprint density at radius 2 is 1.63 bits per heavy atom. The lowest BCUT2D eigenvalue weighted by atomic mass is 10.1. The quantitative estimate of drug-likeness (QED) is 0.120. The third-order valence-electron chi connectivity index (χ3n) is 5.82. The third-order valence-corrected chi connectivity index (χ3v) is 6.62. The van der Waals surface area contributed by atoms with Crippen LogP contribution in [0.5, 0.6) is 17.2 Å². The summed E-state index contributed by atoms with van der Waals surface area (Å²) in [5.41, 5.74) is 7.48. The fourth-order valence-electron chi connectivity index (χ4n) is 3.98. The molecule has 0 aromatic heterocycles. The van der Waals surface area contributed by atoms with Crippen molar-refractivity contribution in [3.63, 3.8) is 0 Å². The van der Waals surface area contributed by atoms with Gasteiger partial charge in [-0.2, -0.15) is 5.10 Å². The highest BCUT2D eigenvalue weighted by Crippen LogP contribution is 2.34. The van der Waals surface area contributed by atoms with Gasteiger partial charge in [-0.05, 0) is 96.8 Å². The Hall–Kier alpha value is -4.13. The summed E-state index contributed by atoms with van der Waals surface area (Å²) in [6.45, 7) is 8.08. The van der Waals surface area contributed by atoms with E-state index in [4.69, 9.17) is 14.2 Å². The molecule has 41 heavy (non-hydrogen) atoms. The van der Waals surface area contributed by atoms with Crippen molar-refractivity contribution in [3.05, 3.63) is 79.9 Å². The topological polar surface area (TPSA) is 127 Å². The molecule has 10 nitrogen and oxygen atoms in total. The number of nitrogens with one attached hydrogen (secondary N) is 3. The van der Waals surface area contributed by atoms with E-state index in [1.54, 1.807) is 43.5 Å². The Kier molecular flexibility index (Phi) is 11.5. The number of benzene rings is 3. The van der Waals surface area contributed by atoms with Crippen LogP contribution in [-0.4, -0.2) is 44.3 Å². The maximum Gasteiger partial charge on any atom is 0.329 e. The zero-order valence-electron chi connectivity index (χ0n) is 23.6. The molecule has 0 aliphatic rings. The molecule has 216 valence electrons. The summed E-state index contributed by atoms with van der Waals surface area (Å²) in [4.78, 5) is 36.9. The van der Waals surface area contributed by atoms with Crippen molar-refractivity contribution in [1.82, 2.24) is 10.7 Å². The van der Waals surface area contributed by atoms with Gasteiger partial charge in [-0.3, -0.25) is 14.4 Å². The van der Waals surface area contributed by atoms with Crippen LogP contribution >= 0.6 is 22.6 Å². The summed E-state index contributed by atoms with van der Waals surface area (Å²) in [7, 11) is 1.57. The first-order valence-electron chi connectivity index (χ1n) is 12.8. The second-order valence-electron chi connectivity index (χ2n) is 9.10. The minimum Gasteiger partial charge on any atom is -0.497 e. The van der Waals surface area contributed by atoms with E-state index in [1.807, 2.05) is 39.8 Å². The molecule has 3 aromatic rings. The highest BCUT2D eigenvalue weighted by molar-refractivity contribution is 14.1. The van der Waals surface area contributed by atoms with Gasteiger partial charge in [0.2, 0.25) is 0 Å². The molecule has 0 atom stereocenters. The summed E-state index contributed by atoms with van der Waals surface area (Å²) in [5, 5.41) is 9.35. The van der Waals surface area contributed by atoms with Gasteiger partial charge in [-0.1, -0.05) is 29.8 Å². The number of halogens is 1. The number of nitrogens with zero attached hydrogens (tertiary/aromatic N) is 1. The number of ether oxygens (including phenoxy) is 3. The second-order valence-corrected chi connectivity index (χ2v) is 10.3. The molecule has 0 radical (unpaired) electrons. The molecule has 11 heteroatoms. The van der Waals surface area contributed by atoms with Crippen LogP contribution in [0.4, 0.5) is 5.69 Å². The molecule has 3 rings (SSSR count). The van der Waals surface area contributed by atoms with Gasteiger partial charge < -0.3 is 24.8 Å². The van der Waals surface area contributed by atoms with Crippen molar-refractivity contribution in [2.45, 2.75) is 34.2 Å². The fourth-order valence-corrected chi connectivity index (χ4v) is 4.76. The van der Waals surface area contributed by atoms with Crippen LogP contribution in [0.1, 0.15) is 34.7 Å². The number of rotatable bonds is 11. The first kappa shape index (κ1) is 31.4. The van der Waals surface area contributed by atoms with E-state index in [2.05, 4.69) is 43.8 Å². The van der Waals surface area contributed by atoms with Gasteiger partial charge in [0.1, 0.15) is 5.75 Å². The van der Waals surface area contributed by atoms with Crippen LogP contribution in [0, 0.1) is 24.3 Å². The highest BCUT2D eigenvalue weighted by atomic mass is 127. The van der Waals surface area contributed by atoms with Gasteiger partial charge in [-0.25, -0.2) is 5.43 Å². The van der Waals surface area contributed by atoms with E-state index < -0.39 is 11.8 Å². The zero-order chi connectivity index (χ0) is 29.9. The molecular formula is C30H33IN4O6. The Labute approximate surface area is 253 Å². The summed E-state index contributed by atoms with van der Waals surface area (Å²) < 4.78 is 17.4. The second kappa shape index (κ2) is 15.0. The number of amides is 3. The Balaban J connectivity index is 1.58. The lowest BCUT2D eigenvalue weighted by Gasteiger charge is -2.16. The van der Waals surface area contributed by atoms with Crippen molar-refractivity contribution in [1.29, 1.82) is 0 Å². The molecule has 0 fully saturated rings. The molecule has 3 aromatic carbocycles. The van der Waals surface area contributed by atoms with Gasteiger partial charge >= 0.3 is 11.8 Å². The number of aryl methyl sites for hydroxylation is 3. The van der Waals surface area contributed by atoms with Gasteiger partial charge in [0.15, 0.2) is 18.1 Å². The maximum absolute atomic E-state index is 12.7. The van der Waals surface area contributed by atoms with Crippen LogP contribution in [0.25, 0.3) is 0 Å². The molecule has 3 amide bonds. The lowest BCUT2D eigenvalue weighted by molar-refractivity contribution is -0.139. The standard InChI is InChI=1S/C30H33IN4O6/c1-6-40-25-14-22(16-33-35-30(38)29(37)32-15-21-7-9-23(39-5)10-8-21)13-24(31)28(25)41-17-26(36)34-27-19(3)11-18(2)12-20(27)4/h7-14,16H,6,15,17H2,1-5H3,(H,32,37)(H,34,36)(H,35,38)/b33-16-. The van der Waals surface area contributed by atoms with Crippen molar-refractivity contribution < 1.29 is 28.6 Å². The van der Waals surface area contributed by atoms with E-state index in [0.717, 1.165) is 27.9 Å². The zero-order valence-corrected chi connectivity index (χ0v) is 25.7. The third kappa shape index (κ3) is 9.20. The molecule has 0 bridgehead atoms. The number of hydrogen-bond acceptors (Lipinski definition) is 7. The average molecular weight is 673 g/mol. The van der Waals surface area contributed by atoms with E-state index in [0.29, 0.717) is 33.0 Å². The van der Waals surface area contributed by atoms with Crippen LogP contribution in [0.2, 0.25) is 0 Å². The Morgan fingerprint density at radius 1 is 0.951 bits per heavy atom. The molecular weight excluding hydrogens is 639 g/mol. The number of carbonyl (C=O) groups is 3. The Morgan fingerprint density at radius 3 is 2.27 bits per heavy atom. The summed E-state index contributed by atoms with van der Waals surface area (Å²) in [5.74, 6) is -0.487. The van der Waals surface area contributed by atoms with Crippen LogP contribution in [-0.2, 0) is 20.9 Å². The number of methoxy groups -OCH3 is 1. The monoisotopic (exact) mass is 672 g/mol. The van der Waals surface area contributed by atoms with E-state index >= 15 is 0 Å². The molecule has 0 saturated carbocycles. The van der Waals surface area contributed by atoms with Crippen molar-refractivity contribution in [2.75, 3.05) is 25.6 Å². The van der Waals surface area contributed by atoms with Crippen LogP contribution in [0.15, 0.2) is 53.6 Å². The fraction of sp³-hybridized carbons (Fsp3) is 0.267. The Bertz CT molecular complexity index is 1420. The van der Waals surface area contributed by atoms with Gasteiger partial charge in [0.05, 0.1) is 23.5 Å². The first-order valence-corrected chi connectivity index (χ1v) is 13.9. The smallest absolute Gasteiger partial charge is 0.329 e. The first-order chi connectivity index (χ1) is 19.6. The number of anilines is 1. The summed E-state index contributed by atoms with van der Waals surface area (Å²) in [6.07, 6.45) is 1.39. The molecule has 0 unspecified atom stereocenters. The minimum absolute atomic E-state index is 0.180. The maximum atomic E-state index is 12.7. The largest absolute Gasteiger partial charge is 0.497 e. The molecule has 0 aliphatic carbocycles. The van der Waals surface area contributed by atoms with Crippen molar-refractivity contribution in [2.24, 2.45) is 5.10 Å². The SMILES string of the molecule is CCOc1cc(/C=N\NC(=O)C(=O)NCc2ccc(OC)cc2)cc(I)c1OCC(=O)Nc1c(C)cc(C)cc1C. The summed E-state index contributed by atoms with van der Waals surface area (Å²) >= 11 is 2.07. The van der Waals surface area contributed by atoms with Gasteiger partial charge in [0, 0.05) is 12.2 Å². The molecule has 0 heterocycles. The highest BCUT2D eigenvalue weighted by Gasteiger charge is 2.16. The molecule has 0 saturated heterocycles. The lowest BCUT2D eigenvalue weighted by Crippen LogP contribution is -2.37. The van der Waals surface area contributed by atoms with E-state index in [-0.39, 0.29) is 19.1 Å². The minimum atomic E-state index is -0.903. The number of carbonyl (C=O) groups excluding carboxylic acids is 3. The normalized spacial score (nSPS) is 10.7. The molecule has 3 N–H and O–H groups in total. The predicted octanol–water partition coefficient (Wildman–Crippen LogP) is 4.41. The van der Waals surface area contributed by atoms with E-state index in [1.165, 1.54) is 6.21 Å².